The minimum absolute atomic E-state index is 0.111. The lowest BCUT2D eigenvalue weighted by Crippen LogP contribution is -2.18. The molecular formula is C14H19NO3. The van der Waals surface area contributed by atoms with Gasteiger partial charge < -0.3 is 9.84 Å². The zero-order valence-corrected chi connectivity index (χ0v) is 10.7. The molecular weight excluding hydrogens is 230 g/mol. The molecule has 1 aromatic rings. The van der Waals surface area contributed by atoms with E-state index < -0.39 is 5.97 Å². The predicted molar refractivity (Wildman–Crippen MR) is 68.1 cm³/mol. The summed E-state index contributed by atoms with van der Waals surface area (Å²) in [5.74, 6) is -0.696. The van der Waals surface area contributed by atoms with Crippen LogP contribution in [-0.4, -0.2) is 22.2 Å². The Hall–Kier alpha value is -1.58. The zero-order valence-electron chi connectivity index (χ0n) is 10.7. The van der Waals surface area contributed by atoms with Crippen molar-refractivity contribution < 1.29 is 14.6 Å². The Balaban J connectivity index is 2.17. The third kappa shape index (κ3) is 3.00. The van der Waals surface area contributed by atoms with Crippen LogP contribution < -0.4 is 4.74 Å². The fourth-order valence-corrected chi connectivity index (χ4v) is 2.40. The fourth-order valence-electron chi connectivity index (χ4n) is 2.40. The summed E-state index contributed by atoms with van der Waals surface area (Å²) in [6.07, 6.45) is 8.49. The number of hydrogen-bond donors (Lipinski definition) is 1. The first-order valence-corrected chi connectivity index (χ1v) is 6.54. The molecule has 4 heteroatoms. The number of carboxylic acids is 1. The van der Waals surface area contributed by atoms with Crippen molar-refractivity contribution >= 4 is 5.97 Å². The lowest BCUT2D eigenvalue weighted by Gasteiger charge is -2.17. The Bertz CT molecular complexity index is 423. The first-order chi connectivity index (χ1) is 8.68. The normalized spacial score (nSPS) is 17.2. The van der Waals surface area contributed by atoms with Crippen LogP contribution in [0.25, 0.3) is 0 Å². The largest absolute Gasteiger partial charge is 0.477 e. The standard InChI is InChI=1S/C14H19NO3/c1-10-8-9-15-13(12(10)14(16)17)18-11-6-4-2-3-5-7-11/h8-9,11H,2-7H2,1H3,(H,16,17). The van der Waals surface area contributed by atoms with Crippen molar-refractivity contribution in [1.29, 1.82) is 0 Å². The molecule has 0 saturated heterocycles. The minimum Gasteiger partial charge on any atom is -0.477 e. The molecule has 0 bridgehead atoms. The van der Waals surface area contributed by atoms with Crippen molar-refractivity contribution in [3.63, 3.8) is 0 Å². The van der Waals surface area contributed by atoms with Crippen LogP contribution in [0.3, 0.4) is 0 Å². The van der Waals surface area contributed by atoms with Crippen molar-refractivity contribution in [3.05, 3.63) is 23.4 Å². The highest BCUT2D eigenvalue weighted by molar-refractivity contribution is 5.91. The Morgan fingerprint density at radius 3 is 2.61 bits per heavy atom. The van der Waals surface area contributed by atoms with Crippen molar-refractivity contribution in [2.24, 2.45) is 0 Å². The highest BCUT2D eigenvalue weighted by Gasteiger charge is 2.20. The molecule has 1 heterocycles. The molecule has 1 aliphatic rings. The van der Waals surface area contributed by atoms with Crippen molar-refractivity contribution in [3.8, 4) is 5.88 Å². The van der Waals surface area contributed by atoms with Gasteiger partial charge in [0, 0.05) is 6.20 Å². The molecule has 0 atom stereocenters. The third-order valence-corrected chi connectivity index (χ3v) is 3.42. The molecule has 1 fully saturated rings. The average molecular weight is 249 g/mol. The summed E-state index contributed by atoms with van der Waals surface area (Å²) >= 11 is 0. The second-order valence-electron chi connectivity index (χ2n) is 4.84. The van der Waals surface area contributed by atoms with Crippen molar-refractivity contribution in [1.82, 2.24) is 4.98 Å². The summed E-state index contributed by atoms with van der Waals surface area (Å²) in [5, 5.41) is 9.21. The molecule has 1 N–H and O–H groups in total. The second-order valence-corrected chi connectivity index (χ2v) is 4.84. The van der Waals surface area contributed by atoms with Crippen LogP contribution in [0.1, 0.15) is 54.4 Å². The number of rotatable bonds is 3. The van der Waals surface area contributed by atoms with Gasteiger partial charge in [-0.1, -0.05) is 12.8 Å². The Labute approximate surface area is 107 Å². The van der Waals surface area contributed by atoms with Crippen molar-refractivity contribution in [2.45, 2.75) is 51.6 Å². The maximum absolute atomic E-state index is 11.2. The molecule has 98 valence electrons. The van der Waals surface area contributed by atoms with Crippen LogP contribution in [0.2, 0.25) is 0 Å². The van der Waals surface area contributed by atoms with Gasteiger partial charge >= 0.3 is 5.97 Å². The van der Waals surface area contributed by atoms with Gasteiger partial charge in [-0.05, 0) is 44.2 Å². The zero-order chi connectivity index (χ0) is 13.0. The molecule has 4 nitrogen and oxygen atoms in total. The van der Waals surface area contributed by atoms with Gasteiger partial charge in [0.2, 0.25) is 5.88 Å². The topological polar surface area (TPSA) is 59.4 Å². The summed E-state index contributed by atoms with van der Waals surface area (Å²) in [4.78, 5) is 15.3. The Kier molecular flexibility index (Phi) is 4.18. The van der Waals surface area contributed by atoms with Crippen LogP contribution in [0.5, 0.6) is 5.88 Å². The van der Waals surface area contributed by atoms with Crippen LogP contribution in [0, 0.1) is 6.92 Å². The summed E-state index contributed by atoms with van der Waals surface area (Å²) in [5.41, 5.74) is 0.892. The van der Waals surface area contributed by atoms with Crippen LogP contribution >= 0.6 is 0 Å². The summed E-state index contributed by atoms with van der Waals surface area (Å²) < 4.78 is 5.82. The highest BCUT2D eigenvalue weighted by Crippen LogP contribution is 2.25. The number of carbonyl (C=O) groups is 1. The molecule has 1 saturated carbocycles. The van der Waals surface area contributed by atoms with Crippen LogP contribution in [0.15, 0.2) is 12.3 Å². The van der Waals surface area contributed by atoms with Gasteiger partial charge in [-0.25, -0.2) is 9.78 Å². The smallest absolute Gasteiger partial charge is 0.341 e. The molecule has 0 aromatic carbocycles. The molecule has 0 radical (unpaired) electrons. The van der Waals surface area contributed by atoms with E-state index in [0.717, 1.165) is 25.7 Å². The summed E-state index contributed by atoms with van der Waals surface area (Å²) in [6.45, 7) is 1.77. The van der Waals surface area contributed by atoms with Gasteiger partial charge in [-0.15, -0.1) is 0 Å². The van der Waals surface area contributed by atoms with E-state index >= 15 is 0 Å². The van der Waals surface area contributed by atoms with E-state index in [2.05, 4.69) is 4.98 Å². The summed E-state index contributed by atoms with van der Waals surface area (Å²) in [6, 6.07) is 1.70. The lowest BCUT2D eigenvalue weighted by molar-refractivity contribution is 0.0685. The van der Waals surface area contributed by atoms with E-state index in [1.165, 1.54) is 12.8 Å². The van der Waals surface area contributed by atoms with Gasteiger partial charge in [0.05, 0.1) is 0 Å². The maximum atomic E-state index is 11.2. The van der Waals surface area contributed by atoms with Gasteiger partial charge in [0.25, 0.3) is 0 Å². The van der Waals surface area contributed by atoms with Crippen LogP contribution in [0.4, 0.5) is 0 Å². The molecule has 1 aromatic heterocycles. The Morgan fingerprint density at radius 2 is 2.00 bits per heavy atom. The third-order valence-electron chi connectivity index (χ3n) is 3.42. The minimum atomic E-state index is -0.968. The number of nitrogens with zero attached hydrogens (tertiary/aromatic N) is 1. The fraction of sp³-hybridized carbons (Fsp3) is 0.571. The Morgan fingerprint density at radius 1 is 1.33 bits per heavy atom. The first-order valence-electron chi connectivity index (χ1n) is 6.54. The monoisotopic (exact) mass is 249 g/mol. The number of carboxylic acid groups (broad SMARTS) is 1. The van der Waals surface area contributed by atoms with Crippen molar-refractivity contribution in [2.75, 3.05) is 0 Å². The van der Waals surface area contributed by atoms with E-state index in [4.69, 9.17) is 4.74 Å². The second kappa shape index (κ2) is 5.85. The number of pyridine rings is 1. The van der Waals surface area contributed by atoms with Gasteiger partial charge in [0.15, 0.2) is 0 Å². The maximum Gasteiger partial charge on any atom is 0.341 e. The number of ether oxygens (including phenoxy) is 1. The lowest BCUT2D eigenvalue weighted by atomic mass is 10.1. The molecule has 0 amide bonds. The SMILES string of the molecule is Cc1ccnc(OC2CCCCCC2)c1C(=O)O. The summed E-state index contributed by atoms with van der Waals surface area (Å²) in [7, 11) is 0. The molecule has 18 heavy (non-hydrogen) atoms. The molecule has 0 unspecified atom stereocenters. The number of hydrogen-bond acceptors (Lipinski definition) is 3. The molecule has 0 aliphatic heterocycles. The quantitative estimate of drug-likeness (QED) is 0.836. The van der Waals surface area contributed by atoms with Gasteiger partial charge in [-0.3, -0.25) is 0 Å². The average Bonchev–Trinajstić information content (AvgIpc) is 2.57. The molecule has 0 spiro atoms. The van der Waals surface area contributed by atoms with Crippen LogP contribution in [-0.2, 0) is 0 Å². The molecule has 2 rings (SSSR count). The number of aromatic nitrogens is 1. The van der Waals surface area contributed by atoms with Gasteiger partial charge in [0.1, 0.15) is 11.7 Å². The van der Waals surface area contributed by atoms with E-state index in [0.29, 0.717) is 5.56 Å². The van der Waals surface area contributed by atoms with E-state index in [1.54, 1.807) is 19.2 Å². The van der Waals surface area contributed by atoms with E-state index in [9.17, 15) is 9.90 Å². The first kappa shape index (κ1) is 12.9. The van der Waals surface area contributed by atoms with Gasteiger partial charge in [-0.2, -0.15) is 0 Å². The van der Waals surface area contributed by atoms with E-state index in [1.807, 2.05) is 0 Å². The molecule has 1 aliphatic carbocycles. The number of aromatic carboxylic acids is 1. The predicted octanol–water partition coefficient (Wildman–Crippen LogP) is 3.19. The van der Waals surface area contributed by atoms with E-state index in [-0.39, 0.29) is 17.5 Å². The number of aryl methyl sites for hydroxylation is 1. The highest BCUT2D eigenvalue weighted by atomic mass is 16.5.